The number of aromatic amines is 1. The van der Waals surface area contributed by atoms with Crippen LogP contribution >= 0.6 is 0 Å². The van der Waals surface area contributed by atoms with E-state index in [0.717, 1.165) is 15.2 Å². The molecule has 2 aromatic carbocycles. The lowest BCUT2D eigenvalue weighted by Gasteiger charge is -2.33. The molecular formula is C22H26N2O5S. The maximum absolute atomic E-state index is 13.8. The van der Waals surface area contributed by atoms with Gasteiger partial charge in [0.25, 0.3) is 10.0 Å². The second-order valence-corrected chi connectivity index (χ2v) is 9.45. The number of aryl methyl sites for hydroxylation is 2. The number of hydrogen-bond acceptors (Lipinski definition) is 4. The predicted molar refractivity (Wildman–Crippen MR) is 117 cm³/mol. The number of carbonyl (C=O) groups is 1. The van der Waals surface area contributed by atoms with E-state index < -0.39 is 28.0 Å². The second kappa shape index (κ2) is 8.02. The van der Waals surface area contributed by atoms with Gasteiger partial charge in [0.15, 0.2) is 0 Å². The van der Waals surface area contributed by atoms with Gasteiger partial charge in [0.05, 0.1) is 17.7 Å². The fraction of sp³-hybridized carbons (Fsp3) is 0.318. The molecule has 0 saturated carbocycles. The van der Waals surface area contributed by atoms with Crippen LogP contribution in [0.1, 0.15) is 25.0 Å². The van der Waals surface area contributed by atoms with Gasteiger partial charge in [-0.2, -0.15) is 0 Å². The number of carboxylic acids is 1. The molecule has 0 spiro atoms. The number of sulfonamides is 1. The van der Waals surface area contributed by atoms with Gasteiger partial charge in [0, 0.05) is 17.1 Å². The molecule has 0 aliphatic rings. The Morgan fingerprint density at radius 1 is 1.10 bits per heavy atom. The van der Waals surface area contributed by atoms with E-state index in [1.807, 2.05) is 6.07 Å². The van der Waals surface area contributed by atoms with Crippen LogP contribution in [0.15, 0.2) is 47.5 Å². The van der Waals surface area contributed by atoms with Crippen molar-refractivity contribution in [3.8, 4) is 5.75 Å². The van der Waals surface area contributed by atoms with Crippen LogP contribution in [0.5, 0.6) is 5.75 Å². The van der Waals surface area contributed by atoms with Gasteiger partial charge >= 0.3 is 5.97 Å². The van der Waals surface area contributed by atoms with Crippen molar-refractivity contribution in [3.05, 3.63) is 53.7 Å². The first-order valence-corrected chi connectivity index (χ1v) is 11.0. The molecule has 8 heteroatoms. The summed E-state index contributed by atoms with van der Waals surface area (Å²) in [5.41, 5.74) is 2.28. The van der Waals surface area contributed by atoms with E-state index in [9.17, 15) is 18.3 Å². The number of hydrogen-bond donors (Lipinski definition) is 2. The van der Waals surface area contributed by atoms with E-state index >= 15 is 0 Å². The van der Waals surface area contributed by atoms with Crippen LogP contribution in [0.3, 0.4) is 0 Å². The molecule has 0 amide bonds. The molecule has 30 heavy (non-hydrogen) atoms. The van der Waals surface area contributed by atoms with Gasteiger partial charge in [0.1, 0.15) is 11.8 Å². The zero-order chi connectivity index (χ0) is 22.2. The van der Waals surface area contributed by atoms with Crippen molar-refractivity contribution in [1.29, 1.82) is 0 Å². The van der Waals surface area contributed by atoms with Crippen LogP contribution in [-0.2, 0) is 14.8 Å². The molecule has 3 rings (SSSR count). The smallest absolute Gasteiger partial charge is 0.327 e. The molecule has 0 radical (unpaired) electrons. The second-order valence-electron chi connectivity index (χ2n) is 7.66. The van der Waals surface area contributed by atoms with Gasteiger partial charge in [-0.3, -0.25) is 4.31 Å². The highest BCUT2D eigenvalue weighted by molar-refractivity contribution is 7.93. The summed E-state index contributed by atoms with van der Waals surface area (Å²) in [6.45, 7) is 6.82. The zero-order valence-corrected chi connectivity index (χ0v) is 18.4. The number of fused-ring (bicyclic) bond motifs is 1. The standard InChI is InChI=1S/C22H26N2O5S/c1-13(2)21(22(25)26)24(17-6-7-18-16(12-17)8-9-23-18)30(27,28)20-11-14(3)19(29-5)10-15(20)4/h6-13,21,23H,1-5H3,(H,25,26). The molecule has 1 aromatic heterocycles. The Bertz CT molecular complexity index is 1200. The summed E-state index contributed by atoms with van der Waals surface area (Å²) in [4.78, 5) is 15.3. The van der Waals surface area contributed by atoms with Crippen molar-refractivity contribution < 1.29 is 23.1 Å². The third-order valence-corrected chi connectivity index (χ3v) is 7.11. The highest BCUT2D eigenvalue weighted by atomic mass is 32.2. The zero-order valence-electron chi connectivity index (χ0n) is 17.6. The van der Waals surface area contributed by atoms with Crippen molar-refractivity contribution in [2.45, 2.75) is 38.6 Å². The van der Waals surface area contributed by atoms with Gasteiger partial charge in [-0.05, 0) is 67.3 Å². The van der Waals surface area contributed by atoms with Crippen molar-refractivity contribution in [1.82, 2.24) is 4.98 Å². The molecule has 0 aliphatic heterocycles. The lowest BCUT2D eigenvalue weighted by molar-refractivity contribution is -0.139. The van der Waals surface area contributed by atoms with Crippen molar-refractivity contribution in [2.75, 3.05) is 11.4 Å². The third kappa shape index (κ3) is 3.75. The van der Waals surface area contributed by atoms with E-state index in [0.29, 0.717) is 22.6 Å². The number of nitrogens with zero attached hydrogens (tertiary/aromatic N) is 1. The van der Waals surface area contributed by atoms with Crippen molar-refractivity contribution in [3.63, 3.8) is 0 Å². The summed E-state index contributed by atoms with van der Waals surface area (Å²) < 4.78 is 34.0. The number of aliphatic carboxylic acids is 1. The molecule has 0 fully saturated rings. The Morgan fingerprint density at radius 2 is 1.80 bits per heavy atom. The maximum Gasteiger partial charge on any atom is 0.327 e. The number of anilines is 1. The molecule has 0 aliphatic carbocycles. The number of carboxylic acid groups (broad SMARTS) is 1. The van der Waals surface area contributed by atoms with E-state index in [2.05, 4.69) is 4.98 Å². The molecule has 1 heterocycles. The van der Waals surface area contributed by atoms with Crippen LogP contribution in [0.4, 0.5) is 5.69 Å². The molecular weight excluding hydrogens is 404 g/mol. The number of H-pyrrole nitrogens is 1. The van der Waals surface area contributed by atoms with Gasteiger partial charge in [-0.15, -0.1) is 0 Å². The molecule has 7 nitrogen and oxygen atoms in total. The van der Waals surface area contributed by atoms with E-state index in [1.54, 1.807) is 58.2 Å². The lowest BCUT2D eigenvalue weighted by Crippen LogP contribution is -2.48. The van der Waals surface area contributed by atoms with E-state index in [-0.39, 0.29) is 4.90 Å². The van der Waals surface area contributed by atoms with Crippen LogP contribution in [0.25, 0.3) is 10.9 Å². The normalized spacial score (nSPS) is 12.9. The average molecular weight is 431 g/mol. The minimum atomic E-state index is -4.19. The lowest BCUT2D eigenvalue weighted by atomic mass is 10.0. The highest BCUT2D eigenvalue weighted by Crippen LogP contribution is 2.34. The number of methoxy groups -OCH3 is 1. The fourth-order valence-electron chi connectivity index (χ4n) is 3.65. The largest absolute Gasteiger partial charge is 0.496 e. The molecule has 2 N–H and O–H groups in total. The third-order valence-electron chi connectivity index (χ3n) is 5.16. The van der Waals surface area contributed by atoms with Gasteiger partial charge in [0.2, 0.25) is 0 Å². The average Bonchev–Trinajstić information content (AvgIpc) is 3.14. The monoisotopic (exact) mass is 430 g/mol. The summed E-state index contributed by atoms with van der Waals surface area (Å²) in [7, 11) is -2.67. The van der Waals surface area contributed by atoms with Crippen LogP contribution in [0.2, 0.25) is 0 Å². The highest BCUT2D eigenvalue weighted by Gasteiger charge is 2.39. The van der Waals surface area contributed by atoms with Gasteiger partial charge in [-0.1, -0.05) is 13.8 Å². The van der Waals surface area contributed by atoms with E-state index in [4.69, 9.17) is 4.74 Å². The van der Waals surface area contributed by atoms with Crippen molar-refractivity contribution in [2.24, 2.45) is 5.92 Å². The van der Waals surface area contributed by atoms with Gasteiger partial charge < -0.3 is 14.8 Å². The summed E-state index contributed by atoms with van der Waals surface area (Å²) >= 11 is 0. The first-order chi connectivity index (χ1) is 14.1. The number of benzene rings is 2. The van der Waals surface area contributed by atoms with E-state index in [1.165, 1.54) is 13.2 Å². The Morgan fingerprint density at radius 3 is 2.40 bits per heavy atom. The van der Waals surface area contributed by atoms with Crippen molar-refractivity contribution >= 4 is 32.6 Å². The van der Waals surface area contributed by atoms with Crippen LogP contribution in [-0.4, -0.2) is 37.6 Å². The molecule has 1 unspecified atom stereocenters. The van der Waals surface area contributed by atoms with Gasteiger partial charge in [-0.25, -0.2) is 13.2 Å². The molecule has 3 aromatic rings. The van der Waals surface area contributed by atoms with Crippen LogP contribution in [0, 0.1) is 19.8 Å². The quantitative estimate of drug-likeness (QED) is 0.588. The first kappa shape index (κ1) is 21.7. The molecule has 160 valence electrons. The Balaban J connectivity index is 2.28. The maximum atomic E-state index is 13.8. The van der Waals surface area contributed by atoms with Crippen LogP contribution < -0.4 is 9.04 Å². The Kier molecular flexibility index (Phi) is 5.81. The summed E-state index contributed by atoms with van der Waals surface area (Å²) in [5, 5.41) is 10.7. The number of rotatable bonds is 7. The fourth-order valence-corrected chi connectivity index (χ4v) is 5.68. The Hall–Kier alpha value is -3.00. The first-order valence-electron chi connectivity index (χ1n) is 9.57. The summed E-state index contributed by atoms with van der Waals surface area (Å²) in [6.07, 6.45) is 1.75. The molecule has 0 saturated heterocycles. The topological polar surface area (TPSA) is 99.7 Å². The number of aromatic nitrogens is 1. The summed E-state index contributed by atoms with van der Waals surface area (Å²) in [5.74, 6) is -1.09. The minimum Gasteiger partial charge on any atom is -0.496 e. The summed E-state index contributed by atoms with van der Waals surface area (Å²) in [6, 6.07) is 8.79. The molecule has 0 bridgehead atoms. The number of ether oxygens (including phenoxy) is 1. The SMILES string of the molecule is COc1cc(C)c(S(=O)(=O)N(c2ccc3[nH]ccc3c2)C(C(=O)O)C(C)C)cc1C. The minimum absolute atomic E-state index is 0.0573. The predicted octanol–water partition coefficient (Wildman–Crippen LogP) is 4.10. The number of nitrogens with one attached hydrogen (secondary N) is 1. The molecule has 1 atom stereocenters. The Labute approximate surface area is 176 Å².